The average molecular weight is 395 g/mol. The summed E-state index contributed by atoms with van der Waals surface area (Å²) in [5.74, 6) is 1.28. The average Bonchev–Trinajstić information content (AvgIpc) is 3.50. The van der Waals surface area contributed by atoms with Crippen LogP contribution in [0.2, 0.25) is 0 Å². The standard InChI is InChI=1S/C21H25N5O3/c1-12-9-18(24-21-19(12)20(14-5-6-14)25-26(21)3)29-11-16(27)23-13(2)15-7-8-17(28-4)22-10-15/h7-10,13-14H,5-6,11H2,1-4H3,(H,23,27). The Morgan fingerprint density at radius 3 is 2.79 bits per heavy atom. The molecule has 1 atom stereocenters. The molecule has 152 valence electrons. The number of fused-ring (bicyclic) bond motifs is 1. The number of carbonyl (C=O) groups excluding carboxylic acids is 1. The molecule has 1 aliphatic carbocycles. The molecular weight excluding hydrogens is 370 g/mol. The Kier molecular flexibility index (Phi) is 5.08. The number of nitrogens with zero attached hydrogens (tertiary/aromatic N) is 4. The summed E-state index contributed by atoms with van der Waals surface area (Å²) in [5.41, 5.74) is 3.87. The van der Waals surface area contributed by atoms with Gasteiger partial charge in [0.1, 0.15) is 0 Å². The van der Waals surface area contributed by atoms with Crippen LogP contribution in [0.15, 0.2) is 24.4 Å². The molecule has 0 radical (unpaired) electrons. The molecule has 1 saturated carbocycles. The van der Waals surface area contributed by atoms with E-state index < -0.39 is 0 Å². The Morgan fingerprint density at radius 2 is 2.14 bits per heavy atom. The zero-order chi connectivity index (χ0) is 20.5. The topological polar surface area (TPSA) is 91.2 Å². The van der Waals surface area contributed by atoms with Crippen molar-refractivity contribution in [3.63, 3.8) is 0 Å². The number of amides is 1. The van der Waals surface area contributed by atoms with E-state index in [9.17, 15) is 4.79 Å². The van der Waals surface area contributed by atoms with Gasteiger partial charge < -0.3 is 14.8 Å². The first-order valence-electron chi connectivity index (χ1n) is 9.72. The molecule has 29 heavy (non-hydrogen) atoms. The van der Waals surface area contributed by atoms with E-state index in [1.807, 2.05) is 33.0 Å². The van der Waals surface area contributed by atoms with Crippen LogP contribution in [0.1, 0.15) is 48.5 Å². The number of methoxy groups -OCH3 is 1. The van der Waals surface area contributed by atoms with Crippen molar-refractivity contribution in [3.8, 4) is 11.8 Å². The smallest absolute Gasteiger partial charge is 0.258 e. The summed E-state index contributed by atoms with van der Waals surface area (Å²) in [6, 6.07) is 5.32. The van der Waals surface area contributed by atoms with Gasteiger partial charge in [-0.2, -0.15) is 10.1 Å². The van der Waals surface area contributed by atoms with Crippen molar-refractivity contribution in [2.45, 2.75) is 38.6 Å². The highest BCUT2D eigenvalue weighted by molar-refractivity contribution is 5.84. The summed E-state index contributed by atoms with van der Waals surface area (Å²) < 4.78 is 12.5. The van der Waals surface area contributed by atoms with Crippen LogP contribution in [0.4, 0.5) is 0 Å². The lowest BCUT2D eigenvalue weighted by molar-refractivity contribution is -0.123. The molecule has 1 unspecified atom stereocenters. The van der Waals surface area contributed by atoms with Gasteiger partial charge in [-0.25, -0.2) is 4.98 Å². The Labute approximate surface area is 169 Å². The van der Waals surface area contributed by atoms with Crippen LogP contribution < -0.4 is 14.8 Å². The molecule has 0 spiro atoms. The first-order chi connectivity index (χ1) is 14.0. The Bertz CT molecular complexity index is 1040. The molecule has 0 aromatic carbocycles. The van der Waals surface area contributed by atoms with E-state index in [4.69, 9.17) is 9.47 Å². The lowest BCUT2D eigenvalue weighted by atomic mass is 10.1. The van der Waals surface area contributed by atoms with Crippen molar-refractivity contribution in [1.82, 2.24) is 25.1 Å². The molecule has 0 aliphatic heterocycles. The van der Waals surface area contributed by atoms with Crippen LogP contribution in [0.5, 0.6) is 11.8 Å². The zero-order valence-corrected chi connectivity index (χ0v) is 17.1. The van der Waals surface area contributed by atoms with Gasteiger partial charge in [0.2, 0.25) is 11.8 Å². The number of ether oxygens (including phenoxy) is 2. The highest BCUT2D eigenvalue weighted by atomic mass is 16.5. The maximum atomic E-state index is 12.3. The number of hydrogen-bond donors (Lipinski definition) is 1. The van der Waals surface area contributed by atoms with Gasteiger partial charge in [-0.1, -0.05) is 6.07 Å². The van der Waals surface area contributed by atoms with Crippen LogP contribution in [-0.2, 0) is 11.8 Å². The van der Waals surface area contributed by atoms with Crippen LogP contribution in [0.3, 0.4) is 0 Å². The van der Waals surface area contributed by atoms with Gasteiger partial charge in [-0.15, -0.1) is 0 Å². The fraction of sp³-hybridized carbons (Fsp3) is 0.429. The summed E-state index contributed by atoms with van der Waals surface area (Å²) in [6.45, 7) is 3.81. The molecule has 1 aliphatic rings. The molecular formula is C21H25N5O3. The number of hydrogen-bond acceptors (Lipinski definition) is 6. The summed E-state index contributed by atoms with van der Waals surface area (Å²) in [5, 5.41) is 8.65. The highest BCUT2D eigenvalue weighted by Gasteiger charge is 2.30. The second kappa shape index (κ2) is 7.69. The molecule has 8 heteroatoms. The minimum Gasteiger partial charge on any atom is -0.481 e. The van der Waals surface area contributed by atoms with Crippen molar-refractivity contribution >= 4 is 16.9 Å². The van der Waals surface area contributed by atoms with Crippen molar-refractivity contribution in [2.24, 2.45) is 7.05 Å². The minimum absolute atomic E-state index is 0.112. The molecule has 3 aromatic rings. The highest BCUT2D eigenvalue weighted by Crippen LogP contribution is 2.43. The fourth-order valence-electron chi connectivity index (χ4n) is 3.43. The normalized spacial score (nSPS) is 14.6. The number of rotatable bonds is 7. The van der Waals surface area contributed by atoms with Gasteiger partial charge in [0.05, 0.1) is 18.8 Å². The van der Waals surface area contributed by atoms with E-state index in [1.165, 1.54) is 12.8 Å². The molecule has 4 rings (SSSR count). The quantitative estimate of drug-likeness (QED) is 0.661. The molecule has 1 fully saturated rings. The van der Waals surface area contributed by atoms with E-state index in [2.05, 4.69) is 20.4 Å². The molecule has 1 N–H and O–H groups in total. The number of aryl methyl sites for hydroxylation is 2. The Morgan fingerprint density at radius 1 is 1.34 bits per heavy atom. The predicted octanol–water partition coefficient (Wildman–Crippen LogP) is 2.81. The van der Waals surface area contributed by atoms with Crippen LogP contribution >= 0.6 is 0 Å². The first kappa shape index (κ1) is 19.2. The van der Waals surface area contributed by atoms with E-state index in [-0.39, 0.29) is 18.6 Å². The van der Waals surface area contributed by atoms with Gasteiger partial charge in [0, 0.05) is 36.7 Å². The van der Waals surface area contributed by atoms with E-state index in [1.54, 1.807) is 24.1 Å². The van der Waals surface area contributed by atoms with Gasteiger partial charge in [-0.3, -0.25) is 9.48 Å². The number of nitrogens with one attached hydrogen (secondary N) is 1. The van der Waals surface area contributed by atoms with Crippen LogP contribution in [0, 0.1) is 6.92 Å². The second-order valence-corrected chi connectivity index (χ2v) is 7.47. The number of aromatic nitrogens is 4. The molecule has 3 aromatic heterocycles. The first-order valence-corrected chi connectivity index (χ1v) is 9.72. The SMILES string of the molecule is COc1ccc(C(C)NC(=O)COc2cc(C)c3c(C4CC4)nn(C)c3n2)cn1. The van der Waals surface area contributed by atoms with Gasteiger partial charge >= 0.3 is 0 Å². The maximum Gasteiger partial charge on any atom is 0.258 e. The van der Waals surface area contributed by atoms with Crippen molar-refractivity contribution in [2.75, 3.05) is 13.7 Å². The molecule has 3 heterocycles. The third kappa shape index (κ3) is 4.01. The summed E-state index contributed by atoms with van der Waals surface area (Å²) in [4.78, 5) is 21.0. The third-order valence-electron chi connectivity index (χ3n) is 5.16. The molecule has 0 saturated heterocycles. The van der Waals surface area contributed by atoms with Gasteiger partial charge in [0.15, 0.2) is 12.3 Å². The van der Waals surface area contributed by atoms with Crippen molar-refractivity contribution in [3.05, 3.63) is 41.2 Å². The monoisotopic (exact) mass is 395 g/mol. The van der Waals surface area contributed by atoms with Crippen LogP contribution in [0.25, 0.3) is 11.0 Å². The van der Waals surface area contributed by atoms with Gasteiger partial charge in [0.25, 0.3) is 5.91 Å². The largest absolute Gasteiger partial charge is 0.481 e. The summed E-state index contributed by atoms with van der Waals surface area (Å²) in [7, 11) is 3.46. The van der Waals surface area contributed by atoms with Crippen LogP contribution in [-0.4, -0.2) is 39.4 Å². The minimum atomic E-state index is -0.225. The molecule has 1 amide bonds. The van der Waals surface area contributed by atoms with Crippen molar-refractivity contribution < 1.29 is 14.3 Å². The Balaban J connectivity index is 1.41. The number of carbonyl (C=O) groups is 1. The summed E-state index contributed by atoms with van der Waals surface area (Å²) in [6.07, 6.45) is 4.06. The van der Waals surface area contributed by atoms with E-state index in [0.29, 0.717) is 17.7 Å². The van der Waals surface area contributed by atoms with Gasteiger partial charge in [-0.05, 0) is 37.8 Å². The molecule has 0 bridgehead atoms. The fourth-order valence-corrected chi connectivity index (χ4v) is 3.43. The van der Waals surface area contributed by atoms with E-state index in [0.717, 1.165) is 27.9 Å². The Hall–Kier alpha value is -3.16. The predicted molar refractivity (Wildman–Crippen MR) is 108 cm³/mol. The maximum absolute atomic E-state index is 12.3. The third-order valence-corrected chi connectivity index (χ3v) is 5.16. The second-order valence-electron chi connectivity index (χ2n) is 7.47. The summed E-state index contributed by atoms with van der Waals surface area (Å²) >= 11 is 0. The van der Waals surface area contributed by atoms with Crippen molar-refractivity contribution in [1.29, 1.82) is 0 Å². The lowest BCUT2D eigenvalue weighted by Crippen LogP contribution is -2.31. The van der Waals surface area contributed by atoms with E-state index >= 15 is 0 Å². The number of pyridine rings is 2. The zero-order valence-electron chi connectivity index (χ0n) is 17.1. The molecule has 8 nitrogen and oxygen atoms in total. The lowest BCUT2D eigenvalue weighted by Gasteiger charge is -2.14.